The summed E-state index contributed by atoms with van der Waals surface area (Å²) in [6.07, 6.45) is 0. The van der Waals surface area contributed by atoms with Crippen molar-refractivity contribution in [3.63, 3.8) is 0 Å². The van der Waals surface area contributed by atoms with Crippen LogP contribution in [-0.4, -0.2) is 0 Å². The van der Waals surface area contributed by atoms with Crippen LogP contribution < -0.4 is 5.73 Å². The average Bonchev–Trinajstić information content (AvgIpc) is 2.68. The Morgan fingerprint density at radius 3 is 2.86 bits per heavy atom. The highest BCUT2D eigenvalue weighted by Gasteiger charge is 2.26. The molecule has 70 valence electrons. The van der Waals surface area contributed by atoms with Crippen LogP contribution in [-0.2, 0) is 0 Å². The lowest BCUT2D eigenvalue weighted by Crippen LogP contribution is -1.88. The Morgan fingerprint density at radius 2 is 2.00 bits per heavy atom. The SMILES string of the molecule is CC1c2ccccc2-c2sc(N)cc21. The Labute approximate surface area is 87.2 Å². The first-order chi connectivity index (χ1) is 6.77. The van der Waals surface area contributed by atoms with Crippen LogP contribution in [0.1, 0.15) is 24.0 Å². The summed E-state index contributed by atoms with van der Waals surface area (Å²) in [6, 6.07) is 10.7. The Morgan fingerprint density at radius 1 is 1.21 bits per heavy atom. The second kappa shape index (κ2) is 2.61. The summed E-state index contributed by atoms with van der Waals surface area (Å²) in [4.78, 5) is 1.37. The predicted octanol–water partition coefficient (Wildman–Crippen LogP) is 3.46. The van der Waals surface area contributed by atoms with E-state index < -0.39 is 0 Å². The van der Waals surface area contributed by atoms with Crippen LogP contribution in [0.5, 0.6) is 0 Å². The molecule has 0 aliphatic heterocycles. The first kappa shape index (κ1) is 8.06. The number of nitrogens with two attached hydrogens (primary N) is 1. The zero-order valence-corrected chi connectivity index (χ0v) is 8.77. The monoisotopic (exact) mass is 201 g/mol. The molecule has 0 spiro atoms. The number of hydrogen-bond donors (Lipinski definition) is 1. The summed E-state index contributed by atoms with van der Waals surface area (Å²) in [5.74, 6) is 0.509. The zero-order valence-electron chi connectivity index (χ0n) is 7.95. The van der Waals surface area contributed by atoms with E-state index in [-0.39, 0.29) is 0 Å². The lowest BCUT2D eigenvalue weighted by atomic mass is 10.0. The number of benzene rings is 1. The molecular formula is C12H11NS. The number of fused-ring (bicyclic) bond motifs is 3. The van der Waals surface area contributed by atoms with E-state index in [0.717, 1.165) is 5.00 Å². The number of anilines is 1. The van der Waals surface area contributed by atoms with Gasteiger partial charge in [-0.3, -0.25) is 0 Å². The molecule has 1 heterocycles. The lowest BCUT2D eigenvalue weighted by Gasteiger charge is -2.04. The smallest absolute Gasteiger partial charge is 0.0865 e. The van der Waals surface area contributed by atoms with E-state index in [1.165, 1.54) is 21.6 Å². The molecule has 0 amide bonds. The molecule has 2 heteroatoms. The van der Waals surface area contributed by atoms with Crippen molar-refractivity contribution >= 4 is 16.3 Å². The second-order valence-electron chi connectivity index (χ2n) is 3.74. The van der Waals surface area contributed by atoms with Crippen LogP contribution in [0.4, 0.5) is 5.00 Å². The average molecular weight is 201 g/mol. The minimum Gasteiger partial charge on any atom is -0.391 e. The second-order valence-corrected chi connectivity index (χ2v) is 4.83. The van der Waals surface area contributed by atoms with Gasteiger partial charge in [0.15, 0.2) is 0 Å². The van der Waals surface area contributed by atoms with E-state index in [4.69, 9.17) is 5.73 Å². The molecule has 1 aromatic heterocycles. The first-order valence-electron chi connectivity index (χ1n) is 4.76. The van der Waals surface area contributed by atoms with Gasteiger partial charge in [-0.2, -0.15) is 0 Å². The third-order valence-electron chi connectivity index (χ3n) is 2.92. The molecular weight excluding hydrogens is 190 g/mol. The van der Waals surface area contributed by atoms with Crippen molar-refractivity contribution in [3.8, 4) is 10.4 Å². The van der Waals surface area contributed by atoms with Crippen molar-refractivity contribution in [3.05, 3.63) is 41.5 Å². The fraction of sp³-hybridized carbons (Fsp3) is 0.167. The molecule has 1 aliphatic carbocycles. The summed E-state index contributed by atoms with van der Waals surface area (Å²) in [6.45, 7) is 2.25. The number of rotatable bonds is 0. The van der Waals surface area contributed by atoms with E-state index in [1.807, 2.05) is 0 Å². The van der Waals surface area contributed by atoms with Gasteiger partial charge in [-0.1, -0.05) is 31.2 Å². The van der Waals surface area contributed by atoms with Crippen LogP contribution in [0, 0.1) is 0 Å². The molecule has 0 saturated heterocycles. The third-order valence-corrected chi connectivity index (χ3v) is 3.93. The maximum Gasteiger partial charge on any atom is 0.0865 e. The Kier molecular flexibility index (Phi) is 1.50. The van der Waals surface area contributed by atoms with Gasteiger partial charge in [0.2, 0.25) is 0 Å². The van der Waals surface area contributed by atoms with Gasteiger partial charge in [0.25, 0.3) is 0 Å². The number of thiophene rings is 1. The van der Waals surface area contributed by atoms with Crippen molar-refractivity contribution in [1.82, 2.24) is 0 Å². The summed E-state index contributed by atoms with van der Waals surface area (Å²) < 4.78 is 0. The summed E-state index contributed by atoms with van der Waals surface area (Å²) in [7, 11) is 0. The van der Waals surface area contributed by atoms with E-state index in [0.29, 0.717) is 5.92 Å². The van der Waals surface area contributed by atoms with Crippen molar-refractivity contribution in [2.75, 3.05) is 5.73 Å². The van der Waals surface area contributed by atoms with E-state index in [2.05, 4.69) is 37.3 Å². The van der Waals surface area contributed by atoms with E-state index in [9.17, 15) is 0 Å². The normalized spacial score (nSPS) is 17.9. The van der Waals surface area contributed by atoms with Gasteiger partial charge in [0, 0.05) is 10.8 Å². The Balaban J connectivity index is 2.34. The summed E-state index contributed by atoms with van der Waals surface area (Å²) in [5, 5.41) is 0.927. The lowest BCUT2D eigenvalue weighted by molar-refractivity contribution is 0.960. The fourth-order valence-electron chi connectivity index (χ4n) is 2.21. The molecule has 1 atom stereocenters. The van der Waals surface area contributed by atoms with Crippen LogP contribution in [0.15, 0.2) is 30.3 Å². The molecule has 3 rings (SSSR count). The Bertz CT molecular complexity index is 499. The van der Waals surface area contributed by atoms with Gasteiger partial charge in [-0.05, 0) is 22.8 Å². The fourth-order valence-corrected chi connectivity index (χ4v) is 3.28. The zero-order chi connectivity index (χ0) is 9.71. The molecule has 0 saturated carbocycles. The van der Waals surface area contributed by atoms with E-state index in [1.54, 1.807) is 11.3 Å². The van der Waals surface area contributed by atoms with Gasteiger partial charge in [0.1, 0.15) is 0 Å². The molecule has 1 aromatic carbocycles. The van der Waals surface area contributed by atoms with Gasteiger partial charge in [0.05, 0.1) is 5.00 Å². The number of hydrogen-bond acceptors (Lipinski definition) is 2. The summed E-state index contributed by atoms with van der Waals surface area (Å²) in [5.41, 5.74) is 10.0. The molecule has 0 fully saturated rings. The number of nitrogen functional groups attached to an aromatic ring is 1. The molecule has 0 bridgehead atoms. The highest BCUT2D eigenvalue weighted by atomic mass is 32.1. The molecule has 1 nitrogen and oxygen atoms in total. The molecule has 1 unspecified atom stereocenters. The quantitative estimate of drug-likeness (QED) is 0.694. The van der Waals surface area contributed by atoms with Crippen molar-refractivity contribution in [2.45, 2.75) is 12.8 Å². The largest absolute Gasteiger partial charge is 0.391 e. The third kappa shape index (κ3) is 0.891. The standard InChI is InChI=1S/C12H11NS/c1-7-8-4-2-3-5-9(8)12-10(7)6-11(13)14-12/h2-7H,13H2,1H3. The van der Waals surface area contributed by atoms with Gasteiger partial charge >= 0.3 is 0 Å². The van der Waals surface area contributed by atoms with Crippen LogP contribution >= 0.6 is 11.3 Å². The maximum atomic E-state index is 5.83. The highest BCUT2D eigenvalue weighted by molar-refractivity contribution is 7.19. The van der Waals surface area contributed by atoms with Crippen LogP contribution in [0.25, 0.3) is 10.4 Å². The Hall–Kier alpha value is -1.28. The molecule has 2 N–H and O–H groups in total. The predicted molar refractivity (Wildman–Crippen MR) is 61.7 cm³/mol. The van der Waals surface area contributed by atoms with Crippen molar-refractivity contribution in [2.24, 2.45) is 0 Å². The minimum absolute atomic E-state index is 0.509. The molecule has 14 heavy (non-hydrogen) atoms. The van der Waals surface area contributed by atoms with Crippen molar-refractivity contribution in [1.29, 1.82) is 0 Å². The molecule has 0 radical (unpaired) electrons. The highest BCUT2D eigenvalue weighted by Crippen LogP contribution is 2.49. The van der Waals surface area contributed by atoms with E-state index >= 15 is 0 Å². The van der Waals surface area contributed by atoms with Crippen LogP contribution in [0.2, 0.25) is 0 Å². The van der Waals surface area contributed by atoms with Gasteiger partial charge < -0.3 is 5.73 Å². The van der Waals surface area contributed by atoms with Crippen LogP contribution in [0.3, 0.4) is 0 Å². The van der Waals surface area contributed by atoms with Crippen molar-refractivity contribution < 1.29 is 0 Å². The maximum absolute atomic E-state index is 5.83. The van der Waals surface area contributed by atoms with Gasteiger partial charge in [-0.15, -0.1) is 11.3 Å². The van der Waals surface area contributed by atoms with Gasteiger partial charge in [-0.25, -0.2) is 0 Å². The first-order valence-corrected chi connectivity index (χ1v) is 5.57. The molecule has 2 aromatic rings. The molecule has 1 aliphatic rings. The topological polar surface area (TPSA) is 26.0 Å². The minimum atomic E-state index is 0.509. The summed E-state index contributed by atoms with van der Waals surface area (Å²) >= 11 is 1.70.